The molecule has 8 nitrogen and oxygen atoms in total. The van der Waals surface area contributed by atoms with Crippen molar-refractivity contribution in [1.82, 2.24) is 19.4 Å². The standard InChI is InChI=1S/C22H24N4O4S/c27-22(23-11-16-31(28,29)25-12-14-30-15-13-25)20-17-26(19-9-5-2-6-10-19)24-21(20)18-7-3-1-4-8-18/h1-10,17H,11-16H2,(H,23,27). The van der Waals surface area contributed by atoms with Crippen molar-refractivity contribution in [2.45, 2.75) is 0 Å². The lowest BCUT2D eigenvalue weighted by Gasteiger charge is -2.26. The van der Waals surface area contributed by atoms with Gasteiger partial charge in [-0.15, -0.1) is 0 Å². The number of ether oxygens (including phenoxy) is 1. The van der Waals surface area contributed by atoms with Crippen molar-refractivity contribution in [1.29, 1.82) is 0 Å². The predicted molar refractivity (Wildman–Crippen MR) is 118 cm³/mol. The molecule has 1 saturated heterocycles. The van der Waals surface area contributed by atoms with Crippen LogP contribution < -0.4 is 5.32 Å². The first kappa shape index (κ1) is 21.2. The highest BCUT2D eigenvalue weighted by Gasteiger charge is 2.25. The number of sulfonamides is 1. The van der Waals surface area contributed by atoms with Gasteiger partial charge in [-0.2, -0.15) is 9.40 Å². The fourth-order valence-electron chi connectivity index (χ4n) is 3.40. The van der Waals surface area contributed by atoms with Gasteiger partial charge in [0, 0.05) is 31.4 Å². The zero-order valence-corrected chi connectivity index (χ0v) is 17.8. The van der Waals surface area contributed by atoms with Crippen LogP contribution in [0.2, 0.25) is 0 Å². The highest BCUT2D eigenvalue weighted by atomic mass is 32.2. The first-order valence-electron chi connectivity index (χ1n) is 10.1. The second-order valence-corrected chi connectivity index (χ2v) is 9.21. The van der Waals surface area contributed by atoms with E-state index in [0.717, 1.165) is 11.3 Å². The van der Waals surface area contributed by atoms with E-state index >= 15 is 0 Å². The van der Waals surface area contributed by atoms with Gasteiger partial charge < -0.3 is 10.1 Å². The number of carbonyl (C=O) groups excluding carboxylic acids is 1. The number of carbonyl (C=O) groups is 1. The van der Waals surface area contributed by atoms with E-state index in [9.17, 15) is 13.2 Å². The number of rotatable bonds is 7. The highest BCUT2D eigenvalue weighted by molar-refractivity contribution is 7.89. The molecule has 162 valence electrons. The molecule has 1 aliphatic heterocycles. The lowest BCUT2D eigenvalue weighted by Crippen LogP contribution is -2.43. The van der Waals surface area contributed by atoms with Crippen molar-refractivity contribution >= 4 is 15.9 Å². The molecule has 0 aliphatic carbocycles. The van der Waals surface area contributed by atoms with Crippen molar-refractivity contribution < 1.29 is 17.9 Å². The van der Waals surface area contributed by atoms with Crippen molar-refractivity contribution in [3.63, 3.8) is 0 Å². The molecule has 1 aliphatic rings. The minimum Gasteiger partial charge on any atom is -0.379 e. The molecule has 3 aromatic rings. The Bertz CT molecular complexity index is 1120. The Morgan fingerprint density at radius 3 is 2.32 bits per heavy atom. The third kappa shape index (κ3) is 5.01. The van der Waals surface area contributed by atoms with E-state index in [4.69, 9.17) is 4.74 Å². The molecule has 0 radical (unpaired) electrons. The Hall–Kier alpha value is -3.01. The molecule has 4 rings (SSSR count). The molecule has 0 atom stereocenters. The van der Waals surface area contributed by atoms with Crippen LogP contribution in [0, 0.1) is 0 Å². The summed E-state index contributed by atoms with van der Waals surface area (Å²) in [7, 11) is -3.44. The second kappa shape index (κ2) is 9.42. The first-order valence-corrected chi connectivity index (χ1v) is 11.7. The van der Waals surface area contributed by atoms with Gasteiger partial charge in [0.15, 0.2) is 0 Å². The molecule has 1 aromatic heterocycles. The minimum absolute atomic E-state index is 0.0171. The van der Waals surface area contributed by atoms with Crippen LogP contribution in [0.1, 0.15) is 10.4 Å². The van der Waals surface area contributed by atoms with E-state index in [1.165, 1.54) is 4.31 Å². The van der Waals surface area contributed by atoms with Crippen LogP contribution in [0.15, 0.2) is 66.9 Å². The van der Waals surface area contributed by atoms with Crippen molar-refractivity contribution in [2.24, 2.45) is 0 Å². The van der Waals surface area contributed by atoms with Crippen molar-refractivity contribution in [3.05, 3.63) is 72.4 Å². The van der Waals surface area contributed by atoms with E-state index in [-0.39, 0.29) is 18.2 Å². The first-order chi connectivity index (χ1) is 15.0. The van der Waals surface area contributed by atoms with Crippen LogP contribution in [0.3, 0.4) is 0 Å². The van der Waals surface area contributed by atoms with Crippen molar-refractivity contribution in [3.8, 4) is 16.9 Å². The summed E-state index contributed by atoms with van der Waals surface area (Å²) in [6.07, 6.45) is 1.67. The third-order valence-corrected chi connectivity index (χ3v) is 6.91. The van der Waals surface area contributed by atoms with Crippen LogP contribution in [0.4, 0.5) is 0 Å². The Morgan fingerprint density at radius 1 is 1.00 bits per heavy atom. The summed E-state index contributed by atoms with van der Waals surface area (Å²) in [5, 5.41) is 7.36. The molecule has 2 heterocycles. The maximum absolute atomic E-state index is 13.0. The molecule has 0 saturated carbocycles. The normalized spacial score (nSPS) is 15.0. The SMILES string of the molecule is O=C(NCCS(=O)(=O)N1CCOCC1)c1cn(-c2ccccc2)nc1-c1ccccc1. The van der Waals surface area contributed by atoms with Gasteiger partial charge in [0.25, 0.3) is 5.91 Å². The maximum Gasteiger partial charge on any atom is 0.255 e. The molecular formula is C22H24N4O4S. The summed E-state index contributed by atoms with van der Waals surface area (Å²) in [6.45, 7) is 1.50. The summed E-state index contributed by atoms with van der Waals surface area (Å²) in [6, 6.07) is 18.9. The van der Waals surface area contributed by atoms with Gasteiger partial charge in [0.05, 0.1) is 30.2 Å². The van der Waals surface area contributed by atoms with Crippen LogP contribution in [-0.2, 0) is 14.8 Å². The van der Waals surface area contributed by atoms with Gasteiger partial charge in [-0.3, -0.25) is 4.79 Å². The molecule has 9 heteroatoms. The highest BCUT2D eigenvalue weighted by Crippen LogP contribution is 2.23. The lowest BCUT2D eigenvalue weighted by molar-refractivity contribution is 0.0730. The van der Waals surface area contributed by atoms with E-state index in [1.807, 2.05) is 60.7 Å². The van der Waals surface area contributed by atoms with Crippen LogP contribution in [0.5, 0.6) is 0 Å². The number of nitrogens with zero attached hydrogens (tertiary/aromatic N) is 3. The number of para-hydroxylation sites is 1. The predicted octanol–water partition coefficient (Wildman–Crippen LogP) is 1.93. The van der Waals surface area contributed by atoms with E-state index < -0.39 is 10.0 Å². The van der Waals surface area contributed by atoms with Crippen LogP contribution >= 0.6 is 0 Å². The Balaban J connectivity index is 1.52. The quantitative estimate of drug-likeness (QED) is 0.606. The number of hydrogen-bond donors (Lipinski definition) is 1. The summed E-state index contributed by atoms with van der Waals surface area (Å²) in [4.78, 5) is 13.0. The number of amides is 1. The molecule has 31 heavy (non-hydrogen) atoms. The van der Waals surface area contributed by atoms with Gasteiger partial charge in [0.2, 0.25) is 10.0 Å². The summed E-state index contributed by atoms with van der Waals surface area (Å²) in [5.74, 6) is -0.523. The monoisotopic (exact) mass is 440 g/mol. The molecule has 0 unspecified atom stereocenters. The molecule has 0 bridgehead atoms. The topological polar surface area (TPSA) is 93.5 Å². The van der Waals surface area contributed by atoms with Gasteiger partial charge in [-0.05, 0) is 12.1 Å². The second-order valence-electron chi connectivity index (χ2n) is 7.12. The Kier molecular flexibility index (Phi) is 6.45. The third-order valence-electron chi connectivity index (χ3n) is 5.04. The van der Waals surface area contributed by atoms with E-state index in [1.54, 1.807) is 10.9 Å². The van der Waals surface area contributed by atoms with Gasteiger partial charge in [0.1, 0.15) is 5.69 Å². The summed E-state index contributed by atoms with van der Waals surface area (Å²) in [5.41, 5.74) is 2.56. The minimum atomic E-state index is -3.44. The van der Waals surface area contributed by atoms with Crippen molar-refractivity contribution in [2.75, 3.05) is 38.6 Å². The average molecular weight is 441 g/mol. The lowest BCUT2D eigenvalue weighted by atomic mass is 10.1. The molecule has 1 N–H and O–H groups in total. The van der Waals surface area contributed by atoms with Gasteiger partial charge in [-0.1, -0.05) is 48.5 Å². The molecule has 1 fully saturated rings. The molecule has 2 aromatic carbocycles. The number of benzene rings is 2. The van der Waals surface area contributed by atoms with Gasteiger partial charge in [-0.25, -0.2) is 13.1 Å². The Morgan fingerprint density at radius 2 is 1.65 bits per heavy atom. The van der Waals surface area contributed by atoms with Crippen LogP contribution in [0.25, 0.3) is 16.9 Å². The fraction of sp³-hybridized carbons (Fsp3) is 0.273. The molecular weight excluding hydrogens is 416 g/mol. The van der Waals surface area contributed by atoms with Gasteiger partial charge >= 0.3 is 0 Å². The molecule has 1 amide bonds. The smallest absolute Gasteiger partial charge is 0.255 e. The van der Waals surface area contributed by atoms with E-state index in [0.29, 0.717) is 37.6 Å². The Labute approximate surface area is 181 Å². The number of nitrogens with one attached hydrogen (secondary N) is 1. The average Bonchev–Trinajstić information content (AvgIpc) is 3.26. The van der Waals surface area contributed by atoms with E-state index in [2.05, 4.69) is 10.4 Å². The summed E-state index contributed by atoms with van der Waals surface area (Å²) < 4.78 is 33.2. The van der Waals surface area contributed by atoms with Crippen LogP contribution in [-0.4, -0.2) is 67.0 Å². The fourth-order valence-corrected chi connectivity index (χ4v) is 4.73. The largest absolute Gasteiger partial charge is 0.379 e. The zero-order chi connectivity index (χ0) is 21.7. The number of aromatic nitrogens is 2. The number of hydrogen-bond acceptors (Lipinski definition) is 5. The summed E-state index contributed by atoms with van der Waals surface area (Å²) >= 11 is 0. The molecule has 0 spiro atoms. The number of morpholine rings is 1. The maximum atomic E-state index is 13.0. The zero-order valence-electron chi connectivity index (χ0n) is 17.0.